The van der Waals surface area contributed by atoms with Gasteiger partial charge in [0.2, 0.25) is 10.0 Å². The maximum Gasteiger partial charge on any atom is 0.253 e. The number of sulfonamides is 1. The zero-order valence-corrected chi connectivity index (χ0v) is 21.7. The van der Waals surface area contributed by atoms with Crippen molar-refractivity contribution >= 4 is 50.7 Å². The molecule has 5 rings (SSSR count). The SMILES string of the molecule is Cl.NC[C@H]1CCc2cc(C(=O)N3CCN(S(=O)(=O)c4ccc5cc(Cl)ccc5c4)CC3)ccc2C1. The number of nitrogens with two attached hydrogens (primary N) is 1. The fourth-order valence-electron chi connectivity index (χ4n) is 4.98. The number of piperazine rings is 1. The topological polar surface area (TPSA) is 83.7 Å². The lowest BCUT2D eigenvalue weighted by Gasteiger charge is -2.34. The van der Waals surface area contributed by atoms with E-state index in [1.54, 1.807) is 29.2 Å². The summed E-state index contributed by atoms with van der Waals surface area (Å²) in [6, 6.07) is 16.4. The molecule has 1 heterocycles. The van der Waals surface area contributed by atoms with Crippen molar-refractivity contribution in [2.24, 2.45) is 11.7 Å². The highest BCUT2D eigenvalue weighted by Crippen LogP contribution is 2.28. The first-order valence-corrected chi connectivity index (χ1v) is 13.5. The fraction of sp³-hybridized carbons (Fsp3) is 0.346. The Labute approximate surface area is 217 Å². The number of nitrogens with zero attached hydrogens (tertiary/aromatic N) is 2. The van der Waals surface area contributed by atoms with Crippen molar-refractivity contribution in [1.82, 2.24) is 9.21 Å². The summed E-state index contributed by atoms with van der Waals surface area (Å²) in [5, 5.41) is 2.33. The summed E-state index contributed by atoms with van der Waals surface area (Å²) in [6.07, 6.45) is 2.97. The van der Waals surface area contributed by atoms with E-state index < -0.39 is 10.0 Å². The summed E-state index contributed by atoms with van der Waals surface area (Å²) in [6.45, 7) is 1.98. The first-order valence-electron chi connectivity index (χ1n) is 11.7. The second-order valence-corrected chi connectivity index (χ2v) is 11.6. The number of carbonyl (C=O) groups excluding carboxylic acids is 1. The van der Waals surface area contributed by atoms with Crippen LogP contribution in [0.25, 0.3) is 10.8 Å². The molecule has 2 aliphatic rings. The summed E-state index contributed by atoms with van der Waals surface area (Å²) in [7, 11) is -3.65. The summed E-state index contributed by atoms with van der Waals surface area (Å²) in [5.74, 6) is 0.480. The van der Waals surface area contributed by atoms with E-state index >= 15 is 0 Å². The molecule has 1 aliphatic carbocycles. The molecule has 6 nitrogen and oxygen atoms in total. The van der Waals surface area contributed by atoms with Crippen LogP contribution in [-0.2, 0) is 22.9 Å². The van der Waals surface area contributed by atoms with Gasteiger partial charge in [0.05, 0.1) is 4.90 Å². The molecule has 3 aromatic rings. The maximum atomic E-state index is 13.2. The molecule has 0 aromatic heterocycles. The van der Waals surface area contributed by atoms with Gasteiger partial charge in [-0.15, -0.1) is 12.4 Å². The van der Waals surface area contributed by atoms with Crippen LogP contribution in [-0.4, -0.2) is 56.3 Å². The summed E-state index contributed by atoms with van der Waals surface area (Å²) in [5.41, 5.74) is 9.02. The Balaban J connectivity index is 0.00000289. The average molecular weight is 535 g/mol. The number of halogens is 2. The van der Waals surface area contributed by atoms with Crippen LogP contribution >= 0.6 is 24.0 Å². The van der Waals surface area contributed by atoms with Gasteiger partial charge >= 0.3 is 0 Å². The zero-order chi connectivity index (χ0) is 23.9. The summed E-state index contributed by atoms with van der Waals surface area (Å²) in [4.78, 5) is 15.1. The number of rotatable bonds is 4. The van der Waals surface area contributed by atoms with E-state index in [9.17, 15) is 13.2 Å². The van der Waals surface area contributed by atoms with Crippen LogP contribution in [0.5, 0.6) is 0 Å². The van der Waals surface area contributed by atoms with Crippen LogP contribution in [0.1, 0.15) is 27.9 Å². The van der Waals surface area contributed by atoms with Crippen molar-refractivity contribution in [2.45, 2.75) is 24.2 Å². The predicted molar refractivity (Wildman–Crippen MR) is 142 cm³/mol. The van der Waals surface area contributed by atoms with E-state index in [0.29, 0.717) is 36.1 Å². The Morgan fingerprint density at radius 2 is 1.66 bits per heavy atom. The lowest BCUT2D eigenvalue weighted by atomic mass is 9.83. The fourth-order valence-corrected chi connectivity index (χ4v) is 6.62. The van der Waals surface area contributed by atoms with Gasteiger partial charge in [0.25, 0.3) is 5.91 Å². The van der Waals surface area contributed by atoms with E-state index in [4.69, 9.17) is 17.3 Å². The molecule has 1 amide bonds. The molecule has 0 unspecified atom stereocenters. The van der Waals surface area contributed by atoms with E-state index in [2.05, 4.69) is 6.07 Å². The highest BCUT2D eigenvalue weighted by atomic mass is 35.5. The lowest BCUT2D eigenvalue weighted by Crippen LogP contribution is -2.50. The van der Waals surface area contributed by atoms with Gasteiger partial charge in [0, 0.05) is 36.8 Å². The van der Waals surface area contributed by atoms with Crippen molar-refractivity contribution < 1.29 is 13.2 Å². The van der Waals surface area contributed by atoms with E-state index in [0.717, 1.165) is 30.0 Å². The second kappa shape index (κ2) is 10.4. The third kappa shape index (κ3) is 5.20. The van der Waals surface area contributed by atoms with Crippen molar-refractivity contribution in [2.75, 3.05) is 32.7 Å². The molecule has 0 bridgehead atoms. The standard InChI is InChI=1S/C26H28ClN3O3S.ClH/c27-24-7-5-22-16-25(8-6-21(22)15-24)34(32,33)30-11-9-29(10-12-30)26(31)23-4-3-19-13-18(17-28)1-2-20(19)14-23;/h3-8,14-16,18H,1-2,9-13,17,28H2;1H/t18-;/m0./s1. The van der Waals surface area contributed by atoms with Crippen LogP contribution in [0, 0.1) is 5.92 Å². The van der Waals surface area contributed by atoms with E-state index in [1.807, 2.05) is 24.3 Å². The van der Waals surface area contributed by atoms with E-state index in [-0.39, 0.29) is 36.3 Å². The van der Waals surface area contributed by atoms with Gasteiger partial charge in [0.1, 0.15) is 0 Å². The van der Waals surface area contributed by atoms with E-state index in [1.165, 1.54) is 15.4 Å². The molecule has 0 saturated carbocycles. The lowest BCUT2D eigenvalue weighted by molar-refractivity contribution is 0.0697. The third-order valence-electron chi connectivity index (χ3n) is 7.05. The van der Waals surface area contributed by atoms with Gasteiger partial charge in [-0.3, -0.25) is 4.79 Å². The molecule has 1 aliphatic heterocycles. The van der Waals surface area contributed by atoms with Crippen molar-refractivity contribution in [3.63, 3.8) is 0 Å². The normalized spacial score (nSPS) is 18.7. The Morgan fingerprint density at radius 1 is 0.943 bits per heavy atom. The highest BCUT2D eigenvalue weighted by Gasteiger charge is 2.31. The predicted octanol–water partition coefficient (Wildman–Crippen LogP) is 4.13. The molecule has 1 fully saturated rings. The van der Waals surface area contributed by atoms with Crippen molar-refractivity contribution in [3.8, 4) is 0 Å². The molecule has 0 spiro atoms. The average Bonchev–Trinajstić information content (AvgIpc) is 2.87. The van der Waals surface area contributed by atoms with Crippen molar-refractivity contribution in [3.05, 3.63) is 76.3 Å². The molecule has 0 radical (unpaired) electrons. The Hall–Kier alpha value is -2.16. The minimum atomic E-state index is -3.65. The van der Waals surface area contributed by atoms with Gasteiger partial charge < -0.3 is 10.6 Å². The van der Waals surface area contributed by atoms with Gasteiger partial charge in [0.15, 0.2) is 0 Å². The Bertz CT molecular complexity index is 1360. The first-order chi connectivity index (χ1) is 16.3. The molecule has 1 atom stereocenters. The smallest absolute Gasteiger partial charge is 0.253 e. The number of hydrogen-bond acceptors (Lipinski definition) is 4. The minimum absolute atomic E-state index is 0. The van der Waals surface area contributed by atoms with Crippen LogP contribution in [0.4, 0.5) is 0 Å². The number of aryl methyl sites for hydroxylation is 1. The Kier molecular flexibility index (Phi) is 7.74. The van der Waals surface area contributed by atoms with Gasteiger partial charge in [-0.2, -0.15) is 4.31 Å². The third-order valence-corrected chi connectivity index (χ3v) is 9.18. The molecular formula is C26H29Cl2N3O3S. The van der Waals surface area contributed by atoms with Crippen LogP contribution in [0.2, 0.25) is 5.02 Å². The van der Waals surface area contributed by atoms with Crippen molar-refractivity contribution in [1.29, 1.82) is 0 Å². The molecule has 2 N–H and O–H groups in total. The largest absolute Gasteiger partial charge is 0.336 e. The highest BCUT2D eigenvalue weighted by molar-refractivity contribution is 7.89. The number of carbonyl (C=O) groups is 1. The monoisotopic (exact) mass is 533 g/mol. The van der Waals surface area contributed by atoms with Crippen LogP contribution in [0.15, 0.2) is 59.5 Å². The maximum absolute atomic E-state index is 13.2. The molecule has 35 heavy (non-hydrogen) atoms. The molecular weight excluding hydrogens is 505 g/mol. The van der Waals surface area contributed by atoms with Crippen LogP contribution in [0.3, 0.4) is 0 Å². The van der Waals surface area contributed by atoms with Crippen LogP contribution < -0.4 is 5.73 Å². The number of amides is 1. The second-order valence-electron chi connectivity index (χ2n) is 9.18. The molecule has 3 aromatic carbocycles. The van der Waals surface area contributed by atoms with Gasteiger partial charge in [-0.05, 0) is 90.0 Å². The van der Waals surface area contributed by atoms with Gasteiger partial charge in [-0.1, -0.05) is 29.8 Å². The zero-order valence-electron chi connectivity index (χ0n) is 19.3. The number of fused-ring (bicyclic) bond motifs is 2. The molecule has 186 valence electrons. The first kappa shape index (κ1) is 25.9. The Morgan fingerprint density at radius 3 is 2.40 bits per heavy atom. The molecule has 1 saturated heterocycles. The summed E-state index contributed by atoms with van der Waals surface area (Å²) < 4.78 is 28.0. The molecule has 9 heteroatoms. The minimum Gasteiger partial charge on any atom is -0.336 e. The number of benzene rings is 3. The number of hydrogen-bond donors (Lipinski definition) is 1. The summed E-state index contributed by atoms with van der Waals surface area (Å²) >= 11 is 6.04. The van der Waals surface area contributed by atoms with Gasteiger partial charge in [-0.25, -0.2) is 8.42 Å². The quantitative estimate of drug-likeness (QED) is 0.546.